The maximum absolute atomic E-state index is 13.9. The van der Waals surface area contributed by atoms with Crippen LogP contribution in [0.3, 0.4) is 0 Å². The van der Waals surface area contributed by atoms with Gasteiger partial charge in [-0.1, -0.05) is 17.4 Å². The summed E-state index contributed by atoms with van der Waals surface area (Å²) in [5.41, 5.74) is 1.88. The van der Waals surface area contributed by atoms with E-state index in [1.165, 1.54) is 47.6 Å². The molecule has 8 rings (SSSR count). The van der Waals surface area contributed by atoms with E-state index in [-0.39, 0.29) is 58.1 Å². The van der Waals surface area contributed by atoms with Gasteiger partial charge in [0.05, 0.1) is 36.8 Å². The fourth-order valence-corrected chi connectivity index (χ4v) is 11.1. The molecule has 3 aromatic carbocycles. The van der Waals surface area contributed by atoms with Gasteiger partial charge >= 0.3 is 4.87 Å². The Morgan fingerprint density at radius 2 is 1.67 bits per heavy atom. The highest BCUT2D eigenvalue weighted by Crippen LogP contribution is 2.68. The number of imide groups is 1. The number of benzene rings is 3. The predicted molar refractivity (Wildman–Crippen MR) is 178 cm³/mol. The number of methoxy groups -OCH3 is 2. The zero-order chi connectivity index (χ0) is 33.3. The van der Waals surface area contributed by atoms with Crippen LogP contribution in [0, 0.1) is 35.4 Å². The van der Waals surface area contributed by atoms with Crippen LogP contribution < -0.4 is 29.3 Å². The summed E-state index contributed by atoms with van der Waals surface area (Å²) in [4.78, 5) is 58.0. The van der Waals surface area contributed by atoms with E-state index in [1.807, 2.05) is 12.1 Å². The number of carbonyl (C=O) groups is 3. The fraction of sp³-hybridized carbons (Fsp3) is 0.314. The fourth-order valence-electron chi connectivity index (χ4n) is 8.25. The number of halogens is 1. The summed E-state index contributed by atoms with van der Waals surface area (Å²) in [6, 6.07) is 18.0. The number of amides is 3. The third-order valence-electron chi connectivity index (χ3n) is 10.1. The first-order chi connectivity index (χ1) is 23.2. The van der Waals surface area contributed by atoms with Gasteiger partial charge < -0.3 is 24.5 Å². The number of thiazole rings is 1. The number of thioether (sulfide) groups is 1. The minimum absolute atomic E-state index is 0.00693. The average molecular weight is 688 g/mol. The van der Waals surface area contributed by atoms with Crippen LogP contribution in [0.1, 0.15) is 22.8 Å². The number of ether oxygens (including phenoxy) is 3. The van der Waals surface area contributed by atoms with Crippen LogP contribution in [-0.4, -0.2) is 48.8 Å². The van der Waals surface area contributed by atoms with Crippen molar-refractivity contribution in [2.45, 2.75) is 22.6 Å². The van der Waals surface area contributed by atoms with E-state index in [0.717, 1.165) is 21.9 Å². The maximum Gasteiger partial charge on any atom is 0.305 e. The number of hydrogen-bond donors (Lipinski definition) is 2. The summed E-state index contributed by atoms with van der Waals surface area (Å²) in [6.45, 7) is -0.246. The van der Waals surface area contributed by atoms with Crippen LogP contribution in [0.5, 0.6) is 17.2 Å². The van der Waals surface area contributed by atoms with Crippen molar-refractivity contribution in [2.75, 3.05) is 31.0 Å². The van der Waals surface area contributed by atoms with E-state index in [9.17, 15) is 23.6 Å². The Bertz CT molecular complexity index is 2000. The molecule has 0 spiro atoms. The number of hydrogen-bond acceptors (Lipinski definition) is 9. The predicted octanol–water partition coefficient (Wildman–Crippen LogP) is 5.29. The van der Waals surface area contributed by atoms with Crippen molar-refractivity contribution in [1.29, 1.82) is 0 Å². The van der Waals surface area contributed by atoms with Gasteiger partial charge in [0.25, 0.3) is 5.91 Å². The van der Waals surface area contributed by atoms with Gasteiger partial charge in [-0.25, -0.2) is 4.39 Å². The van der Waals surface area contributed by atoms with E-state index in [1.54, 1.807) is 49.2 Å². The van der Waals surface area contributed by atoms with Crippen molar-refractivity contribution in [3.8, 4) is 17.2 Å². The minimum atomic E-state index is -0.483. The Labute approximate surface area is 282 Å². The summed E-state index contributed by atoms with van der Waals surface area (Å²) < 4.78 is 30.4. The number of anilines is 2. The van der Waals surface area contributed by atoms with E-state index in [4.69, 9.17) is 14.2 Å². The summed E-state index contributed by atoms with van der Waals surface area (Å²) in [5, 5.41) is 3.59. The number of aromatic amines is 1. The number of rotatable bonds is 8. The molecule has 4 aromatic rings. The molecule has 13 heteroatoms. The Morgan fingerprint density at radius 1 is 0.938 bits per heavy atom. The van der Waals surface area contributed by atoms with Crippen molar-refractivity contribution in [1.82, 2.24) is 4.98 Å². The topological polar surface area (TPSA) is 127 Å². The van der Waals surface area contributed by atoms with Crippen molar-refractivity contribution in [3.63, 3.8) is 0 Å². The molecule has 246 valence electrons. The monoisotopic (exact) mass is 687 g/mol. The number of nitrogens with zero attached hydrogens (tertiary/aromatic N) is 1. The summed E-state index contributed by atoms with van der Waals surface area (Å²) in [6.07, 6.45) is 0.740. The highest BCUT2D eigenvalue weighted by molar-refractivity contribution is 8.00. The molecule has 2 bridgehead atoms. The number of H-pyrrole nitrogens is 1. The van der Waals surface area contributed by atoms with Crippen molar-refractivity contribution >= 4 is 52.2 Å². The van der Waals surface area contributed by atoms with Crippen LogP contribution in [0.4, 0.5) is 15.8 Å². The second-order valence-corrected chi connectivity index (χ2v) is 14.6. The summed E-state index contributed by atoms with van der Waals surface area (Å²) in [5.74, 6) is -1.08. The normalized spacial score (nSPS) is 26.6. The van der Waals surface area contributed by atoms with Crippen LogP contribution in [-0.2, 0) is 14.4 Å². The highest BCUT2D eigenvalue weighted by atomic mass is 32.2. The van der Waals surface area contributed by atoms with Crippen LogP contribution in [0.25, 0.3) is 0 Å². The molecule has 1 aromatic heterocycles. The van der Waals surface area contributed by atoms with Crippen LogP contribution in [0.2, 0.25) is 0 Å². The Morgan fingerprint density at radius 3 is 2.38 bits per heavy atom. The zero-order valence-corrected chi connectivity index (χ0v) is 27.4. The third kappa shape index (κ3) is 4.90. The molecule has 7 atom stereocenters. The van der Waals surface area contributed by atoms with Gasteiger partial charge in [-0.3, -0.25) is 24.1 Å². The van der Waals surface area contributed by atoms with Gasteiger partial charge in [-0.15, -0.1) is 11.8 Å². The molecule has 3 heterocycles. The summed E-state index contributed by atoms with van der Waals surface area (Å²) >= 11 is 2.77. The Balaban J connectivity index is 1.07. The first kappa shape index (κ1) is 30.7. The largest absolute Gasteiger partial charge is 0.497 e. The van der Waals surface area contributed by atoms with Crippen molar-refractivity contribution < 1.29 is 33.0 Å². The van der Waals surface area contributed by atoms with Crippen LogP contribution >= 0.6 is 23.1 Å². The molecule has 0 radical (unpaired) electrons. The zero-order valence-electron chi connectivity index (χ0n) is 25.8. The van der Waals surface area contributed by atoms with E-state index in [0.29, 0.717) is 28.6 Å². The standard InChI is InChI=1S/C35H30FN3O7S2/c1-44-20-10-6-18(7-11-20)37-25(40)15-46-23-12-3-16(13-24(23)45-2)26-27-21-14-22(30(27)47-32-31(26)48-35(43)38-32)29-28(21)33(41)39(34(29)42)19-8-4-17(36)5-9-19/h3-13,21-22,26-30H,14-15H2,1-2H3,(H,37,40)(H,38,43)/t21-,22-,26-,27?,28?,29?,30?/m1/s1. The number of fused-ring (bicyclic) bond motifs is 9. The molecular formula is C35H30FN3O7S2. The molecule has 2 aliphatic heterocycles. The highest BCUT2D eigenvalue weighted by Gasteiger charge is 2.69. The molecule has 2 N–H and O–H groups in total. The van der Waals surface area contributed by atoms with E-state index in [2.05, 4.69) is 10.3 Å². The molecule has 2 aliphatic carbocycles. The second-order valence-electron chi connectivity index (χ2n) is 12.4. The molecule has 1 saturated heterocycles. The number of nitrogens with one attached hydrogen (secondary N) is 2. The molecule has 48 heavy (non-hydrogen) atoms. The van der Waals surface area contributed by atoms with E-state index < -0.39 is 17.7 Å². The lowest BCUT2D eigenvalue weighted by Gasteiger charge is -2.43. The number of carbonyl (C=O) groups excluding carboxylic acids is 3. The minimum Gasteiger partial charge on any atom is -0.497 e. The third-order valence-corrected chi connectivity index (χ3v) is 12.7. The van der Waals surface area contributed by atoms with Gasteiger partial charge in [0, 0.05) is 21.7 Å². The van der Waals surface area contributed by atoms with Crippen molar-refractivity contribution in [3.05, 3.63) is 92.7 Å². The van der Waals surface area contributed by atoms with Gasteiger partial charge in [0.2, 0.25) is 11.8 Å². The molecule has 4 unspecified atom stereocenters. The molecular weight excluding hydrogens is 658 g/mol. The Kier molecular flexibility index (Phi) is 7.55. The smallest absolute Gasteiger partial charge is 0.305 e. The molecule has 4 aliphatic rings. The van der Waals surface area contributed by atoms with Gasteiger partial charge in [0.1, 0.15) is 11.6 Å². The number of aromatic nitrogens is 1. The molecule has 3 fully saturated rings. The average Bonchev–Trinajstić information content (AvgIpc) is 3.83. The maximum atomic E-state index is 13.9. The van der Waals surface area contributed by atoms with E-state index >= 15 is 0 Å². The lowest BCUT2D eigenvalue weighted by atomic mass is 9.68. The van der Waals surface area contributed by atoms with Gasteiger partial charge in [-0.05, 0) is 90.4 Å². The lowest BCUT2D eigenvalue weighted by molar-refractivity contribution is -0.123. The lowest BCUT2D eigenvalue weighted by Crippen LogP contribution is -2.42. The van der Waals surface area contributed by atoms with Gasteiger partial charge in [0.15, 0.2) is 18.1 Å². The van der Waals surface area contributed by atoms with Gasteiger partial charge in [-0.2, -0.15) is 0 Å². The SMILES string of the molecule is COc1ccc(NC(=O)COc2ccc([C@H]3c4sc(=O)[nH]c4SC4C3[C@H]3C[C@@H]4C4C(=O)N(c5ccc(F)cc5)C(=O)C43)cc2OC)cc1. The summed E-state index contributed by atoms with van der Waals surface area (Å²) in [7, 11) is 3.10. The van der Waals surface area contributed by atoms with Crippen LogP contribution in [0.15, 0.2) is 76.6 Å². The first-order valence-electron chi connectivity index (χ1n) is 15.5. The molecule has 2 saturated carbocycles. The van der Waals surface area contributed by atoms with Crippen molar-refractivity contribution in [2.24, 2.45) is 29.6 Å². The molecule has 10 nitrogen and oxygen atoms in total. The first-order valence-corrected chi connectivity index (χ1v) is 17.2. The Hall–Kier alpha value is -4.62. The molecule has 3 amide bonds. The second kappa shape index (κ2) is 11.8. The quantitative estimate of drug-likeness (QED) is 0.240.